The molecule has 0 fully saturated rings. The lowest BCUT2D eigenvalue weighted by Gasteiger charge is -2.09. The van der Waals surface area contributed by atoms with Crippen molar-refractivity contribution in [1.82, 2.24) is 9.55 Å². The molecular weight excluding hydrogens is 454 g/mol. The third kappa shape index (κ3) is 5.15. The van der Waals surface area contributed by atoms with E-state index in [1.54, 1.807) is 45.0 Å². The van der Waals surface area contributed by atoms with Crippen LogP contribution in [-0.2, 0) is 16.1 Å². The Morgan fingerprint density at radius 1 is 1.06 bits per heavy atom. The molecular formula is C25H23N3O5S. The number of carbonyl (C=O) groups excluding carboxylic acids is 2. The highest BCUT2D eigenvalue weighted by Crippen LogP contribution is 2.28. The molecule has 0 radical (unpaired) electrons. The zero-order valence-corrected chi connectivity index (χ0v) is 19.7. The minimum atomic E-state index is -0.487. The lowest BCUT2D eigenvalue weighted by atomic mass is 10.2. The SMILES string of the molecule is Cc1c(C(=O)OC(C)C)sc2ncn(CC(=O)Nc3ccc(Oc4ccccc4)cc3)c(=O)c12. The Bertz CT molecular complexity index is 1390. The van der Waals surface area contributed by atoms with E-state index in [0.717, 1.165) is 11.3 Å². The van der Waals surface area contributed by atoms with Gasteiger partial charge in [0.15, 0.2) is 0 Å². The smallest absolute Gasteiger partial charge is 0.348 e. The van der Waals surface area contributed by atoms with Crippen LogP contribution in [0.15, 0.2) is 65.7 Å². The van der Waals surface area contributed by atoms with Crippen molar-refractivity contribution in [1.29, 1.82) is 0 Å². The molecule has 0 aliphatic heterocycles. The topological polar surface area (TPSA) is 99.5 Å². The Morgan fingerprint density at radius 3 is 2.41 bits per heavy atom. The highest BCUT2D eigenvalue weighted by atomic mass is 32.1. The van der Waals surface area contributed by atoms with E-state index >= 15 is 0 Å². The van der Waals surface area contributed by atoms with Gasteiger partial charge in [0.2, 0.25) is 5.91 Å². The van der Waals surface area contributed by atoms with Gasteiger partial charge in [-0.05, 0) is 62.7 Å². The predicted octanol–water partition coefficient (Wildman–Crippen LogP) is 4.76. The number of nitrogens with one attached hydrogen (secondary N) is 1. The number of aromatic nitrogens is 2. The van der Waals surface area contributed by atoms with Crippen molar-refractivity contribution in [3.05, 3.63) is 81.7 Å². The average Bonchev–Trinajstić information content (AvgIpc) is 3.14. The first-order chi connectivity index (χ1) is 16.3. The fraction of sp³-hybridized carbons (Fsp3) is 0.200. The van der Waals surface area contributed by atoms with Gasteiger partial charge in [-0.2, -0.15) is 0 Å². The Labute approximate surface area is 199 Å². The van der Waals surface area contributed by atoms with Crippen LogP contribution in [0.2, 0.25) is 0 Å². The van der Waals surface area contributed by atoms with Crippen molar-refractivity contribution in [3.8, 4) is 11.5 Å². The van der Waals surface area contributed by atoms with Crippen LogP contribution in [0.25, 0.3) is 10.2 Å². The summed E-state index contributed by atoms with van der Waals surface area (Å²) in [6.45, 7) is 4.98. The Hall–Kier alpha value is -3.98. The molecule has 8 nitrogen and oxygen atoms in total. The largest absolute Gasteiger partial charge is 0.459 e. The van der Waals surface area contributed by atoms with Crippen molar-refractivity contribution in [2.75, 3.05) is 5.32 Å². The molecule has 0 aliphatic rings. The van der Waals surface area contributed by atoms with E-state index < -0.39 is 5.97 Å². The van der Waals surface area contributed by atoms with Crippen LogP contribution in [0.3, 0.4) is 0 Å². The first-order valence-electron chi connectivity index (χ1n) is 10.6. The fourth-order valence-corrected chi connectivity index (χ4v) is 4.34. The standard InChI is InChI=1S/C25H23N3O5S/c1-15(2)32-25(31)22-16(3)21-23(34-22)26-14-28(24(21)30)13-20(29)27-17-9-11-19(12-10-17)33-18-7-5-4-6-8-18/h4-12,14-15H,13H2,1-3H3,(H,27,29). The number of esters is 1. The summed E-state index contributed by atoms with van der Waals surface area (Å²) in [5.74, 6) is 0.479. The van der Waals surface area contributed by atoms with E-state index in [1.807, 2.05) is 30.3 Å². The summed E-state index contributed by atoms with van der Waals surface area (Å²) in [6, 6.07) is 16.3. The summed E-state index contributed by atoms with van der Waals surface area (Å²) in [5, 5.41) is 3.08. The third-order valence-electron chi connectivity index (χ3n) is 4.88. The van der Waals surface area contributed by atoms with E-state index in [0.29, 0.717) is 37.8 Å². The second-order valence-electron chi connectivity index (χ2n) is 7.86. The molecule has 0 aliphatic carbocycles. The van der Waals surface area contributed by atoms with Gasteiger partial charge in [-0.3, -0.25) is 14.2 Å². The summed E-state index contributed by atoms with van der Waals surface area (Å²) in [7, 11) is 0. The molecule has 0 saturated heterocycles. The molecule has 0 atom stereocenters. The predicted molar refractivity (Wildman–Crippen MR) is 131 cm³/mol. The summed E-state index contributed by atoms with van der Waals surface area (Å²) in [6.07, 6.45) is 1.04. The summed E-state index contributed by atoms with van der Waals surface area (Å²) < 4.78 is 12.2. The third-order valence-corrected chi connectivity index (χ3v) is 6.06. The summed E-state index contributed by atoms with van der Waals surface area (Å²) >= 11 is 1.11. The molecule has 2 aromatic carbocycles. The number of fused-ring (bicyclic) bond motifs is 1. The number of carbonyl (C=O) groups is 2. The number of hydrogen-bond acceptors (Lipinski definition) is 7. The van der Waals surface area contributed by atoms with Crippen LogP contribution in [-0.4, -0.2) is 27.5 Å². The van der Waals surface area contributed by atoms with Crippen LogP contribution in [0, 0.1) is 6.92 Å². The van der Waals surface area contributed by atoms with Crippen molar-refractivity contribution in [3.63, 3.8) is 0 Å². The van der Waals surface area contributed by atoms with Gasteiger partial charge in [-0.25, -0.2) is 9.78 Å². The van der Waals surface area contributed by atoms with Crippen LogP contribution in [0.1, 0.15) is 29.1 Å². The van der Waals surface area contributed by atoms with E-state index in [-0.39, 0.29) is 24.1 Å². The van der Waals surface area contributed by atoms with Gasteiger partial charge in [0, 0.05) is 5.69 Å². The van der Waals surface area contributed by atoms with Gasteiger partial charge in [-0.1, -0.05) is 18.2 Å². The number of nitrogens with zero attached hydrogens (tertiary/aromatic N) is 2. The molecule has 4 rings (SSSR count). The second-order valence-corrected chi connectivity index (χ2v) is 8.85. The van der Waals surface area contributed by atoms with Crippen LogP contribution < -0.4 is 15.6 Å². The molecule has 2 heterocycles. The molecule has 9 heteroatoms. The van der Waals surface area contributed by atoms with Gasteiger partial charge in [0.05, 0.1) is 17.8 Å². The highest BCUT2D eigenvalue weighted by Gasteiger charge is 2.21. The minimum Gasteiger partial charge on any atom is -0.459 e. The lowest BCUT2D eigenvalue weighted by molar-refractivity contribution is -0.116. The molecule has 174 valence electrons. The van der Waals surface area contributed by atoms with Gasteiger partial charge in [-0.15, -0.1) is 11.3 Å². The van der Waals surface area contributed by atoms with Gasteiger partial charge in [0.1, 0.15) is 27.8 Å². The van der Waals surface area contributed by atoms with Crippen LogP contribution in [0.4, 0.5) is 5.69 Å². The zero-order chi connectivity index (χ0) is 24.2. The van der Waals surface area contributed by atoms with Crippen molar-refractivity contribution in [2.24, 2.45) is 0 Å². The maximum absolute atomic E-state index is 13.0. The van der Waals surface area contributed by atoms with E-state index in [4.69, 9.17) is 9.47 Å². The number of rotatable bonds is 7. The molecule has 0 bridgehead atoms. The number of para-hydroxylation sites is 1. The molecule has 1 N–H and O–H groups in total. The zero-order valence-electron chi connectivity index (χ0n) is 18.9. The summed E-state index contributed by atoms with van der Waals surface area (Å²) in [4.78, 5) is 42.9. The van der Waals surface area contributed by atoms with Crippen molar-refractivity contribution < 1.29 is 19.1 Å². The van der Waals surface area contributed by atoms with E-state index in [9.17, 15) is 14.4 Å². The van der Waals surface area contributed by atoms with Crippen LogP contribution in [0.5, 0.6) is 11.5 Å². The number of amides is 1. The first kappa shape index (κ1) is 23.2. The normalized spacial score (nSPS) is 10.9. The molecule has 34 heavy (non-hydrogen) atoms. The number of aryl methyl sites for hydroxylation is 1. The van der Waals surface area contributed by atoms with Gasteiger partial charge < -0.3 is 14.8 Å². The number of ether oxygens (including phenoxy) is 2. The van der Waals surface area contributed by atoms with Crippen molar-refractivity contribution >= 4 is 39.1 Å². The highest BCUT2D eigenvalue weighted by molar-refractivity contribution is 7.20. The van der Waals surface area contributed by atoms with E-state index in [2.05, 4.69) is 10.3 Å². The molecule has 4 aromatic rings. The molecule has 0 spiro atoms. The Balaban J connectivity index is 1.46. The maximum atomic E-state index is 13.0. The number of hydrogen-bond donors (Lipinski definition) is 1. The molecule has 2 aromatic heterocycles. The molecule has 0 saturated carbocycles. The Kier molecular flexibility index (Phi) is 6.74. The quantitative estimate of drug-likeness (QED) is 0.385. The minimum absolute atomic E-state index is 0.217. The van der Waals surface area contributed by atoms with Gasteiger partial charge >= 0.3 is 5.97 Å². The number of benzene rings is 2. The fourth-order valence-electron chi connectivity index (χ4n) is 3.32. The first-order valence-corrected chi connectivity index (χ1v) is 11.5. The molecule has 1 amide bonds. The lowest BCUT2D eigenvalue weighted by Crippen LogP contribution is -2.27. The number of anilines is 1. The Morgan fingerprint density at radius 2 is 1.74 bits per heavy atom. The number of thiophene rings is 1. The van der Waals surface area contributed by atoms with Crippen LogP contribution >= 0.6 is 11.3 Å². The van der Waals surface area contributed by atoms with E-state index in [1.165, 1.54) is 10.9 Å². The summed E-state index contributed by atoms with van der Waals surface area (Å²) in [5.41, 5.74) is 0.689. The maximum Gasteiger partial charge on any atom is 0.348 e. The van der Waals surface area contributed by atoms with Crippen molar-refractivity contribution in [2.45, 2.75) is 33.4 Å². The molecule has 0 unspecified atom stereocenters. The second kappa shape index (κ2) is 9.88. The monoisotopic (exact) mass is 477 g/mol. The van der Waals surface area contributed by atoms with Gasteiger partial charge in [0.25, 0.3) is 5.56 Å². The average molecular weight is 478 g/mol.